The highest BCUT2D eigenvalue weighted by molar-refractivity contribution is 6.16. The Bertz CT molecular complexity index is 4470. The van der Waals surface area contributed by atoms with E-state index in [1.165, 1.54) is 22.3 Å². The first-order valence-electron chi connectivity index (χ1n) is 25.2. The lowest BCUT2D eigenvalue weighted by molar-refractivity contribution is 0.770. The van der Waals surface area contributed by atoms with Crippen LogP contribution in [0.25, 0.3) is 77.2 Å². The van der Waals surface area contributed by atoms with Crippen LogP contribution in [0.2, 0.25) is 0 Å². The molecule has 0 unspecified atom stereocenters. The number of aromatic nitrogens is 2. The molecule has 2 aliphatic rings. The molecule has 0 radical (unpaired) electrons. The minimum Gasteiger partial charge on any atom is -0.307 e. The smallest absolute Gasteiger partial charge is 0.103 e. The van der Waals surface area contributed by atoms with Crippen molar-refractivity contribution in [3.8, 4) is 45.8 Å². The average Bonchev–Trinajstić information content (AvgIpc) is 4.25. The van der Waals surface area contributed by atoms with Gasteiger partial charge in [0.2, 0.25) is 0 Å². The standard InChI is InChI=1S/C70H42N4/c71-43-45-37-42-63(73-61-35-19-15-31-52(61)56-40-38-54-50-29-13-17-33-59(50)69(64(54)67(56)73,46-21-5-1-6-22-46)47-23-7-2-8-24-47)66(58(45)44-72)74-62-36-20-16-32-53(62)57-41-39-55-51-30-14-18-34-60(51)70(65(55)68(57)74,48-25-9-3-10-26-48)49-27-11-4-12-28-49/h1-42H. The van der Waals surface area contributed by atoms with Crippen LogP contribution in [0, 0.1) is 22.7 Å². The zero-order chi connectivity index (χ0) is 49.1. The van der Waals surface area contributed by atoms with Gasteiger partial charge in [-0.25, -0.2) is 0 Å². The normalized spacial score (nSPS) is 13.6. The molecule has 0 bridgehead atoms. The summed E-state index contributed by atoms with van der Waals surface area (Å²) in [6.45, 7) is 0. The maximum atomic E-state index is 11.8. The molecule has 0 N–H and O–H groups in total. The van der Waals surface area contributed by atoms with E-state index in [-0.39, 0.29) is 0 Å². The molecule has 0 saturated carbocycles. The molecule has 0 atom stereocenters. The van der Waals surface area contributed by atoms with Crippen molar-refractivity contribution in [3.05, 3.63) is 310 Å². The highest BCUT2D eigenvalue weighted by atomic mass is 15.1. The summed E-state index contributed by atoms with van der Waals surface area (Å²) >= 11 is 0. The van der Waals surface area contributed by atoms with E-state index in [2.05, 4.69) is 270 Å². The fourth-order valence-electron chi connectivity index (χ4n) is 13.6. The Balaban J connectivity index is 1.17. The van der Waals surface area contributed by atoms with Gasteiger partial charge >= 0.3 is 0 Å². The van der Waals surface area contributed by atoms with Gasteiger partial charge in [0.15, 0.2) is 0 Å². The van der Waals surface area contributed by atoms with Gasteiger partial charge < -0.3 is 9.13 Å². The van der Waals surface area contributed by atoms with Crippen LogP contribution in [0.15, 0.2) is 255 Å². The molecule has 4 nitrogen and oxygen atoms in total. The minimum absolute atomic E-state index is 0.310. The number of para-hydroxylation sites is 2. The van der Waals surface area contributed by atoms with Gasteiger partial charge in [-0.1, -0.05) is 231 Å². The Morgan fingerprint density at radius 3 is 1.15 bits per heavy atom. The second-order valence-corrected chi connectivity index (χ2v) is 19.6. The van der Waals surface area contributed by atoms with E-state index in [0.717, 1.165) is 93.8 Å². The van der Waals surface area contributed by atoms with Crippen LogP contribution in [0.4, 0.5) is 0 Å². The van der Waals surface area contributed by atoms with Crippen molar-refractivity contribution >= 4 is 43.6 Å². The Labute approximate surface area is 428 Å². The molecule has 4 heteroatoms. The number of hydrogen-bond acceptors (Lipinski definition) is 2. The maximum Gasteiger partial charge on any atom is 0.103 e. The van der Waals surface area contributed by atoms with Crippen molar-refractivity contribution in [1.29, 1.82) is 10.5 Å². The molecule has 11 aromatic carbocycles. The number of benzene rings is 11. The van der Waals surface area contributed by atoms with Crippen molar-refractivity contribution in [2.24, 2.45) is 0 Å². The molecule has 342 valence electrons. The lowest BCUT2D eigenvalue weighted by Crippen LogP contribution is -2.29. The third-order valence-electron chi connectivity index (χ3n) is 16.3. The Morgan fingerprint density at radius 1 is 0.311 bits per heavy atom. The van der Waals surface area contributed by atoms with E-state index in [4.69, 9.17) is 0 Å². The first kappa shape index (κ1) is 41.8. The summed E-state index contributed by atoms with van der Waals surface area (Å²) in [6.07, 6.45) is 0. The Hall–Kier alpha value is -10.0. The van der Waals surface area contributed by atoms with Gasteiger partial charge in [0.25, 0.3) is 0 Å². The number of hydrogen-bond donors (Lipinski definition) is 0. The van der Waals surface area contributed by atoms with Crippen molar-refractivity contribution in [1.82, 2.24) is 9.13 Å². The third kappa shape index (κ3) is 5.28. The summed E-state index contributed by atoms with van der Waals surface area (Å²) in [6, 6.07) is 96.9. The van der Waals surface area contributed by atoms with E-state index >= 15 is 0 Å². The first-order chi connectivity index (χ1) is 36.7. The molecule has 2 aromatic heterocycles. The first-order valence-corrected chi connectivity index (χ1v) is 25.2. The summed E-state index contributed by atoms with van der Waals surface area (Å²) in [5.41, 5.74) is 18.5. The van der Waals surface area contributed by atoms with Crippen molar-refractivity contribution in [2.75, 3.05) is 0 Å². The molecular weight excluding hydrogens is 897 g/mol. The number of rotatable bonds is 6. The number of fused-ring (bicyclic) bond motifs is 14. The highest BCUT2D eigenvalue weighted by Crippen LogP contribution is 2.61. The monoisotopic (exact) mass is 938 g/mol. The van der Waals surface area contributed by atoms with Crippen molar-refractivity contribution in [3.63, 3.8) is 0 Å². The van der Waals surface area contributed by atoms with E-state index in [1.54, 1.807) is 0 Å². The molecule has 0 fully saturated rings. The molecule has 13 aromatic rings. The van der Waals surface area contributed by atoms with Crippen LogP contribution in [0.3, 0.4) is 0 Å². The second-order valence-electron chi connectivity index (χ2n) is 19.6. The van der Waals surface area contributed by atoms with Gasteiger partial charge in [-0.05, 0) is 79.9 Å². The minimum atomic E-state index is -0.774. The lowest BCUT2D eigenvalue weighted by Gasteiger charge is -2.35. The van der Waals surface area contributed by atoms with Crippen molar-refractivity contribution in [2.45, 2.75) is 10.8 Å². The van der Waals surface area contributed by atoms with Gasteiger partial charge in [0.1, 0.15) is 12.1 Å². The highest BCUT2D eigenvalue weighted by Gasteiger charge is 2.50. The third-order valence-corrected chi connectivity index (χ3v) is 16.3. The Kier molecular flexibility index (Phi) is 8.89. The topological polar surface area (TPSA) is 57.4 Å². The molecule has 0 saturated heterocycles. The maximum absolute atomic E-state index is 11.8. The number of nitrogens with zero attached hydrogens (tertiary/aromatic N) is 4. The van der Waals surface area contributed by atoms with Gasteiger partial charge in [0.05, 0.1) is 55.4 Å². The van der Waals surface area contributed by atoms with Crippen LogP contribution in [-0.4, -0.2) is 9.13 Å². The molecule has 15 rings (SSSR count). The zero-order valence-corrected chi connectivity index (χ0v) is 40.0. The molecule has 0 amide bonds. The van der Waals surface area contributed by atoms with E-state index < -0.39 is 10.8 Å². The molecule has 0 spiro atoms. The van der Waals surface area contributed by atoms with Crippen LogP contribution in [0.1, 0.15) is 55.6 Å². The van der Waals surface area contributed by atoms with Crippen LogP contribution >= 0.6 is 0 Å². The van der Waals surface area contributed by atoms with Crippen LogP contribution in [-0.2, 0) is 10.8 Å². The lowest BCUT2D eigenvalue weighted by atomic mass is 9.67. The van der Waals surface area contributed by atoms with E-state index in [9.17, 15) is 10.5 Å². The average molecular weight is 939 g/mol. The fraction of sp³-hybridized carbons (Fsp3) is 0.0286. The molecule has 2 aliphatic carbocycles. The van der Waals surface area contributed by atoms with E-state index in [0.29, 0.717) is 16.8 Å². The predicted octanol–water partition coefficient (Wildman–Crippen LogP) is 16.4. The SMILES string of the molecule is N#Cc1ccc(-n2c3ccccc3c3ccc4c(c32)C(c2ccccc2)(c2ccccc2)c2ccccc2-4)c(-n2c3ccccc3c3ccc4c(c32)C(c2ccccc2)(c2ccccc2)c2ccccc2-4)c1C#N. The summed E-state index contributed by atoms with van der Waals surface area (Å²) in [7, 11) is 0. The van der Waals surface area contributed by atoms with Crippen molar-refractivity contribution < 1.29 is 0 Å². The van der Waals surface area contributed by atoms with Gasteiger partial charge in [-0.2, -0.15) is 10.5 Å². The summed E-state index contributed by atoms with van der Waals surface area (Å²) < 4.78 is 4.78. The molecule has 0 aliphatic heterocycles. The number of nitriles is 2. The van der Waals surface area contributed by atoms with Gasteiger partial charge in [0, 0.05) is 32.7 Å². The summed E-state index contributed by atoms with van der Waals surface area (Å²) in [4.78, 5) is 0. The second kappa shape index (κ2) is 15.8. The predicted molar refractivity (Wildman–Crippen MR) is 299 cm³/mol. The molecule has 2 heterocycles. The van der Waals surface area contributed by atoms with Crippen LogP contribution < -0.4 is 0 Å². The molecule has 74 heavy (non-hydrogen) atoms. The summed E-state index contributed by atoms with van der Waals surface area (Å²) in [5.74, 6) is 0. The zero-order valence-electron chi connectivity index (χ0n) is 40.0. The van der Waals surface area contributed by atoms with Gasteiger partial charge in [-0.15, -0.1) is 0 Å². The van der Waals surface area contributed by atoms with E-state index in [1.807, 2.05) is 6.07 Å². The largest absolute Gasteiger partial charge is 0.307 e. The van der Waals surface area contributed by atoms with Crippen LogP contribution in [0.5, 0.6) is 0 Å². The Morgan fingerprint density at radius 2 is 0.703 bits per heavy atom. The summed E-state index contributed by atoms with van der Waals surface area (Å²) in [5, 5.41) is 27.3. The fourth-order valence-corrected chi connectivity index (χ4v) is 13.6. The quantitative estimate of drug-likeness (QED) is 0.167. The molecular formula is C70H42N4. The van der Waals surface area contributed by atoms with Gasteiger partial charge in [-0.3, -0.25) is 0 Å².